The molecule has 1 N–H and O–H groups in total. The van der Waals surface area contributed by atoms with Gasteiger partial charge in [-0.3, -0.25) is 4.21 Å². The Hall–Kier alpha value is -1.45. The Labute approximate surface area is 129 Å². The smallest absolute Gasteiger partial charge is 0.0974 e. The summed E-state index contributed by atoms with van der Waals surface area (Å²) in [5, 5.41) is 10.3. The highest BCUT2D eigenvalue weighted by Crippen LogP contribution is 2.38. The van der Waals surface area contributed by atoms with Gasteiger partial charge >= 0.3 is 0 Å². The minimum atomic E-state index is -1.21. The molecule has 2 aromatic rings. The van der Waals surface area contributed by atoms with Crippen molar-refractivity contribution in [2.45, 2.75) is 36.9 Å². The zero-order chi connectivity index (χ0) is 15.5. The van der Waals surface area contributed by atoms with Crippen molar-refractivity contribution in [2.75, 3.05) is 0 Å². The topological polar surface area (TPSA) is 37.3 Å². The average Bonchev–Trinajstić information content (AvgIpc) is 2.48. The number of rotatable bonds is 4. The molecule has 0 saturated heterocycles. The van der Waals surface area contributed by atoms with Gasteiger partial charge in [-0.15, -0.1) is 0 Å². The minimum absolute atomic E-state index is 0.393. The summed E-state index contributed by atoms with van der Waals surface area (Å²) in [7, 11) is -1.21. The van der Waals surface area contributed by atoms with Gasteiger partial charge in [-0.05, 0) is 31.9 Å². The number of benzene rings is 2. The molecule has 0 aliphatic carbocycles. The van der Waals surface area contributed by atoms with E-state index < -0.39 is 26.9 Å². The maximum Gasteiger partial charge on any atom is 0.0974 e. The van der Waals surface area contributed by atoms with Crippen molar-refractivity contribution >= 4 is 10.8 Å². The van der Waals surface area contributed by atoms with Gasteiger partial charge in [-0.25, -0.2) is 0 Å². The number of hydrogen-bond acceptors (Lipinski definition) is 2. The second kappa shape index (κ2) is 6.54. The zero-order valence-electron chi connectivity index (χ0n) is 12.7. The molecule has 0 aromatic heterocycles. The van der Waals surface area contributed by atoms with Gasteiger partial charge in [0.05, 0.1) is 11.4 Å². The summed E-state index contributed by atoms with van der Waals surface area (Å²) in [6.07, 6.45) is -0.784. The van der Waals surface area contributed by atoms with E-state index in [0.29, 0.717) is 0 Å². The first kappa shape index (κ1) is 15.9. The van der Waals surface area contributed by atoms with Crippen molar-refractivity contribution in [1.82, 2.24) is 0 Å². The van der Waals surface area contributed by atoms with Crippen LogP contribution in [0.5, 0.6) is 0 Å². The van der Waals surface area contributed by atoms with Crippen molar-refractivity contribution in [3.8, 4) is 0 Å². The Morgan fingerprint density at radius 2 is 1.29 bits per heavy atom. The van der Waals surface area contributed by atoms with Crippen LogP contribution in [-0.2, 0) is 10.8 Å². The molecule has 0 aliphatic heterocycles. The van der Waals surface area contributed by atoms with Crippen LogP contribution in [0.2, 0.25) is 0 Å². The van der Waals surface area contributed by atoms with Gasteiger partial charge < -0.3 is 5.11 Å². The van der Waals surface area contributed by atoms with Crippen LogP contribution < -0.4 is 0 Å². The summed E-state index contributed by atoms with van der Waals surface area (Å²) in [6, 6.07) is 19.1. The Kier molecular flexibility index (Phi) is 4.96. The molecule has 112 valence electrons. The molecule has 3 heteroatoms. The summed E-state index contributed by atoms with van der Waals surface area (Å²) >= 11 is 0. The monoisotopic (exact) mass is 302 g/mol. The first-order valence-corrected chi connectivity index (χ1v) is 8.31. The fourth-order valence-corrected chi connectivity index (χ4v) is 3.83. The first-order chi connectivity index (χ1) is 9.91. The zero-order valence-corrected chi connectivity index (χ0v) is 13.5. The highest BCUT2D eigenvalue weighted by molar-refractivity contribution is 7.86. The predicted molar refractivity (Wildman–Crippen MR) is 88.5 cm³/mol. The van der Waals surface area contributed by atoms with Crippen LogP contribution in [0.25, 0.3) is 0 Å². The number of aliphatic hydroxyl groups is 1. The van der Waals surface area contributed by atoms with Gasteiger partial charge in [-0.1, -0.05) is 60.7 Å². The quantitative estimate of drug-likeness (QED) is 0.926. The summed E-state index contributed by atoms with van der Waals surface area (Å²) < 4.78 is 12.5. The third-order valence-electron chi connectivity index (χ3n) is 3.39. The van der Waals surface area contributed by atoms with Crippen LogP contribution in [0, 0.1) is 0 Å². The first-order valence-electron chi connectivity index (χ1n) is 7.10. The van der Waals surface area contributed by atoms with E-state index in [9.17, 15) is 9.32 Å². The van der Waals surface area contributed by atoms with E-state index in [0.717, 1.165) is 11.1 Å². The molecule has 21 heavy (non-hydrogen) atoms. The second-order valence-electron chi connectivity index (χ2n) is 6.10. The van der Waals surface area contributed by atoms with Crippen molar-refractivity contribution in [3.63, 3.8) is 0 Å². The van der Waals surface area contributed by atoms with Gasteiger partial charge in [0.1, 0.15) is 0 Å². The standard InChI is InChI=1S/C18H22O2S/c1-18(2,3)21(20)17(15-12-8-5-9-13-15)16(19)14-10-6-4-7-11-14/h4-13,16-17,19H,1-3H3/t16-,17+,21?/m1/s1. The Balaban J connectivity index is 2.44. The average molecular weight is 302 g/mol. The number of aliphatic hydroxyl groups excluding tert-OH is 1. The predicted octanol–water partition coefficient (Wildman–Crippen LogP) is 4.01. The summed E-state index contributed by atoms with van der Waals surface area (Å²) in [5.41, 5.74) is 1.70. The Bertz CT molecular complexity index is 588. The molecule has 0 heterocycles. The Morgan fingerprint density at radius 3 is 1.71 bits per heavy atom. The third-order valence-corrected chi connectivity index (χ3v) is 5.59. The summed E-state index contributed by atoms with van der Waals surface area (Å²) in [6.45, 7) is 5.82. The van der Waals surface area contributed by atoms with Gasteiger partial charge in [0.2, 0.25) is 0 Å². The van der Waals surface area contributed by atoms with Crippen molar-refractivity contribution in [1.29, 1.82) is 0 Å². The lowest BCUT2D eigenvalue weighted by Gasteiger charge is -2.29. The van der Waals surface area contributed by atoms with Crippen molar-refractivity contribution < 1.29 is 9.32 Å². The molecule has 0 radical (unpaired) electrons. The molecular weight excluding hydrogens is 280 g/mol. The van der Waals surface area contributed by atoms with Gasteiger partial charge in [0.15, 0.2) is 0 Å². The van der Waals surface area contributed by atoms with E-state index in [4.69, 9.17) is 0 Å². The third kappa shape index (κ3) is 3.80. The lowest BCUT2D eigenvalue weighted by Crippen LogP contribution is -2.30. The molecule has 0 fully saturated rings. The van der Waals surface area contributed by atoms with Crippen molar-refractivity contribution in [3.05, 3.63) is 71.8 Å². The number of hydrogen-bond donors (Lipinski definition) is 1. The SMILES string of the molecule is CC(C)(C)S(=O)[C@@H](c1ccccc1)[C@H](O)c1ccccc1. The molecule has 0 amide bonds. The van der Waals surface area contributed by atoms with E-state index in [2.05, 4.69) is 0 Å². The van der Waals surface area contributed by atoms with E-state index in [-0.39, 0.29) is 0 Å². The summed E-state index contributed by atoms with van der Waals surface area (Å²) in [5.74, 6) is 0. The molecule has 2 aromatic carbocycles. The molecule has 0 bridgehead atoms. The van der Waals surface area contributed by atoms with E-state index in [1.54, 1.807) is 0 Å². The molecule has 0 saturated carbocycles. The lowest BCUT2D eigenvalue weighted by atomic mass is 10.0. The lowest BCUT2D eigenvalue weighted by molar-refractivity contribution is 0.172. The molecule has 2 rings (SSSR count). The molecule has 2 nitrogen and oxygen atoms in total. The van der Waals surface area contributed by atoms with Gasteiger partial charge in [0, 0.05) is 15.5 Å². The molecular formula is C18H22O2S. The fourth-order valence-electron chi connectivity index (χ4n) is 2.27. The fraction of sp³-hybridized carbons (Fsp3) is 0.333. The van der Waals surface area contributed by atoms with Crippen LogP contribution in [0.3, 0.4) is 0 Å². The van der Waals surface area contributed by atoms with E-state index in [1.807, 2.05) is 81.4 Å². The Morgan fingerprint density at radius 1 is 0.857 bits per heavy atom. The maximum absolute atomic E-state index is 12.9. The van der Waals surface area contributed by atoms with Crippen LogP contribution >= 0.6 is 0 Å². The van der Waals surface area contributed by atoms with Crippen LogP contribution in [0.1, 0.15) is 43.3 Å². The van der Waals surface area contributed by atoms with E-state index >= 15 is 0 Å². The molecule has 3 atom stereocenters. The van der Waals surface area contributed by atoms with Crippen molar-refractivity contribution in [2.24, 2.45) is 0 Å². The normalized spacial score (nSPS) is 16.2. The van der Waals surface area contributed by atoms with Gasteiger partial charge in [0.25, 0.3) is 0 Å². The van der Waals surface area contributed by atoms with E-state index in [1.165, 1.54) is 0 Å². The molecule has 0 aliphatic rings. The van der Waals surface area contributed by atoms with Gasteiger partial charge in [-0.2, -0.15) is 0 Å². The second-order valence-corrected chi connectivity index (χ2v) is 8.42. The van der Waals surface area contributed by atoms with Crippen LogP contribution in [0.4, 0.5) is 0 Å². The largest absolute Gasteiger partial charge is 0.387 e. The minimum Gasteiger partial charge on any atom is -0.387 e. The molecule has 1 unspecified atom stereocenters. The molecule has 0 spiro atoms. The van der Waals surface area contributed by atoms with Crippen LogP contribution in [0.15, 0.2) is 60.7 Å². The summed E-state index contributed by atoms with van der Waals surface area (Å²) in [4.78, 5) is 0. The maximum atomic E-state index is 12.9. The highest BCUT2D eigenvalue weighted by atomic mass is 32.2. The van der Waals surface area contributed by atoms with Crippen LogP contribution in [-0.4, -0.2) is 14.1 Å². The highest BCUT2D eigenvalue weighted by Gasteiger charge is 2.34.